The van der Waals surface area contributed by atoms with Gasteiger partial charge in [-0.25, -0.2) is 0 Å². The summed E-state index contributed by atoms with van der Waals surface area (Å²) in [5.74, 6) is 0.877. The van der Waals surface area contributed by atoms with Crippen molar-refractivity contribution < 1.29 is 5.11 Å². The third kappa shape index (κ3) is 1.83. The zero-order chi connectivity index (χ0) is 12.8. The van der Waals surface area contributed by atoms with Gasteiger partial charge in [-0.1, -0.05) is 32.3 Å². The van der Waals surface area contributed by atoms with Crippen LogP contribution in [0.15, 0.2) is 18.2 Å². The van der Waals surface area contributed by atoms with Crippen molar-refractivity contribution in [2.45, 2.75) is 57.4 Å². The molecular formula is C16H23NO. The van der Waals surface area contributed by atoms with Gasteiger partial charge in [-0.2, -0.15) is 0 Å². The first-order valence-corrected chi connectivity index (χ1v) is 7.17. The molecule has 2 aliphatic carbocycles. The van der Waals surface area contributed by atoms with E-state index >= 15 is 0 Å². The molecule has 98 valence electrons. The molecule has 18 heavy (non-hydrogen) atoms. The first kappa shape index (κ1) is 12.0. The zero-order valence-electron chi connectivity index (χ0n) is 11.2. The van der Waals surface area contributed by atoms with Crippen molar-refractivity contribution in [3.63, 3.8) is 0 Å². The van der Waals surface area contributed by atoms with Crippen LogP contribution >= 0.6 is 0 Å². The first-order chi connectivity index (χ1) is 8.60. The summed E-state index contributed by atoms with van der Waals surface area (Å²) in [5.41, 5.74) is 9.51. The monoisotopic (exact) mass is 245 g/mol. The van der Waals surface area contributed by atoms with Crippen LogP contribution in [0.25, 0.3) is 0 Å². The Morgan fingerprint density at radius 1 is 1.28 bits per heavy atom. The van der Waals surface area contributed by atoms with Crippen molar-refractivity contribution in [3.05, 3.63) is 29.3 Å². The van der Waals surface area contributed by atoms with Crippen LogP contribution in [0.1, 0.15) is 56.1 Å². The minimum atomic E-state index is 0.214. The van der Waals surface area contributed by atoms with E-state index in [1.807, 2.05) is 12.1 Å². The van der Waals surface area contributed by atoms with E-state index in [0.717, 1.165) is 6.42 Å². The lowest BCUT2D eigenvalue weighted by atomic mass is 9.60. The topological polar surface area (TPSA) is 46.2 Å². The molecule has 2 bridgehead atoms. The number of phenolic OH excluding ortho intramolecular Hbond substituents is 1. The van der Waals surface area contributed by atoms with Gasteiger partial charge in [0.2, 0.25) is 0 Å². The van der Waals surface area contributed by atoms with Gasteiger partial charge in [0.05, 0.1) is 0 Å². The average Bonchev–Trinajstić information content (AvgIpc) is 2.33. The van der Waals surface area contributed by atoms with Gasteiger partial charge in [-0.15, -0.1) is 0 Å². The zero-order valence-corrected chi connectivity index (χ0v) is 11.2. The van der Waals surface area contributed by atoms with Crippen molar-refractivity contribution >= 4 is 0 Å². The van der Waals surface area contributed by atoms with Gasteiger partial charge < -0.3 is 10.8 Å². The molecule has 1 aromatic rings. The molecule has 0 radical (unpaired) electrons. The highest BCUT2D eigenvalue weighted by atomic mass is 16.3. The standard InChI is InChI=1S/C16H23NO/c1-16-8-4-2-3-5-14(15(16)17)13-7-6-12(18)9-11(13)10-16/h6-7,9,14-15,18H,2-5,8,10,17H2,1H3/t14-,15?,16+/m0/s1. The summed E-state index contributed by atoms with van der Waals surface area (Å²) >= 11 is 0. The number of aromatic hydroxyl groups is 1. The molecule has 1 aromatic carbocycles. The predicted octanol–water partition coefficient (Wildman–Crippen LogP) is 3.33. The summed E-state index contributed by atoms with van der Waals surface area (Å²) in [4.78, 5) is 0. The van der Waals surface area contributed by atoms with Crippen molar-refractivity contribution in [3.8, 4) is 5.75 Å². The normalized spacial score (nSPS) is 35.4. The number of rotatable bonds is 0. The van der Waals surface area contributed by atoms with E-state index in [1.165, 1.54) is 43.2 Å². The van der Waals surface area contributed by atoms with E-state index in [0.29, 0.717) is 11.7 Å². The lowest BCUT2D eigenvalue weighted by molar-refractivity contribution is 0.162. The molecule has 1 unspecified atom stereocenters. The molecule has 2 aliphatic rings. The predicted molar refractivity (Wildman–Crippen MR) is 73.7 cm³/mol. The molecular weight excluding hydrogens is 222 g/mol. The molecule has 3 atom stereocenters. The summed E-state index contributed by atoms with van der Waals surface area (Å²) in [6, 6.07) is 6.13. The second kappa shape index (κ2) is 4.27. The number of hydrogen-bond acceptors (Lipinski definition) is 2. The van der Waals surface area contributed by atoms with Crippen LogP contribution in [0.5, 0.6) is 5.75 Å². The van der Waals surface area contributed by atoms with E-state index in [-0.39, 0.29) is 11.5 Å². The molecule has 1 saturated carbocycles. The van der Waals surface area contributed by atoms with Gasteiger partial charge in [0.25, 0.3) is 0 Å². The maximum Gasteiger partial charge on any atom is 0.115 e. The Bertz CT molecular complexity index is 456. The first-order valence-electron chi connectivity index (χ1n) is 7.17. The van der Waals surface area contributed by atoms with Crippen molar-refractivity contribution in [2.24, 2.45) is 11.1 Å². The molecule has 0 spiro atoms. The molecule has 0 saturated heterocycles. The molecule has 2 heteroatoms. The summed E-state index contributed by atoms with van der Waals surface area (Å²) in [7, 11) is 0. The molecule has 0 aliphatic heterocycles. The number of phenols is 1. The molecule has 0 heterocycles. The Morgan fingerprint density at radius 2 is 2.11 bits per heavy atom. The van der Waals surface area contributed by atoms with Gasteiger partial charge in [0.15, 0.2) is 0 Å². The smallest absolute Gasteiger partial charge is 0.115 e. The van der Waals surface area contributed by atoms with E-state index in [1.54, 1.807) is 0 Å². The van der Waals surface area contributed by atoms with Crippen LogP contribution in [0.4, 0.5) is 0 Å². The Balaban J connectivity index is 2.08. The van der Waals surface area contributed by atoms with E-state index in [4.69, 9.17) is 5.73 Å². The largest absolute Gasteiger partial charge is 0.508 e. The van der Waals surface area contributed by atoms with Crippen LogP contribution in [0.2, 0.25) is 0 Å². The van der Waals surface area contributed by atoms with E-state index < -0.39 is 0 Å². The van der Waals surface area contributed by atoms with Gasteiger partial charge >= 0.3 is 0 Å². The SMILES string of the molecule is C[C@@]12CCCCC[C@@H](c3ccc(O)cc3C1)C2N. The molecule has 3 N–H and O–H groups in total. The van der Waals surface area contributed by atoms with Crippen LogP contribution in [0, 0.1) is 5.41 Å². The second-order valence-electron chi connectivity index (χ2n) is 6.45. The lowest BCUT2D eigenvalue weighted by Gasteiger charge is -2.47. The van der Waals surface area contributed by atoms with Crippen LogP contribution in [0.3, 0.4) is 0 Å². The maximum atomic E-state index is 9.70. The Labute approximate surface area is 109 Å². The minimum Gasteiger partial charge on any atom is -0.508 e. The average molecular weight is 245 g/mol. The van der Waals surface area contributed by atoms with Crippen molar-refractivity contribution in [1.82, 2.24) is 0 Å². The quantitative estimate of drug-likeness (QED) is 0.736. The molecule has 0 aromatic heterocycles. The third-order valence-electron chi connectivity index (χ3n) is 5.12. The number of nitrogens with two attached hydrogens (primary N) is 1. The Hall–Kier alpha value is -1.02. The molecule has 3 rings (SSSR count). The molecule has 2 nitrogen and oxygen atoms in total. The Kier molecular flexibility index (Phi) is 2.86. The highest BCUT2D eigenvalue weighted by molar-refractivity contribution is 5.41. The summed E-state index contributed by atoms with van der Waals surface area (Å²) in [6.45, 7) is 2.34. The summed E-state index contributed by atoms with van der Waals surface area (Å²) < 4.78 is 0. The van der Waals surface area contributed by atoms with Crippen LogP contribution in [-0.4, -0.2) is 11.1 Å². The van der Waals surface area contributed by atoms with E-state index in [2.05, 4.69) is 13.0 Å². The number of hydrogen-bond donors (Lipinski definition) is 2. The summed E-state index contributed by atoms with van der Waals surface area (Å²) in [5, 5.41) is 9.70. The fraction of sp³-hybridized carbons (Fsp3) is 0.625. The highest BCUT2D eigenvalue weighted by Gasteiger charge is 2.42. The fourth-order valence-electron chi connectivity index (χ4n) is 4.00. The molecule has 1 fully saturated rings. The second-order valence-corrected chi connectivity index (χ2v) is 6.45. The van der Waals surface area contributed by atoms with Gasteiger partial charge in [-0.3, -0.25) is 0 Å². The van der Waals surface area contributed by atoms with Crippen molar-refractivity contribution in [1.29, 1.82) is 0 Å². The van der Waals surface area contributed by atoms with Gasteiger partial charge in [0, 0.05) is 6.04 Å². The Morgan fingerprint density at radius 3 is 2.94 bits per heavy atom. The summed E-state index contributed by atoms with van der Waals surface area (Å²) in [6.07, 6.45) is 7.37. The van der Waals surface area contributed by atoms with E-state index in [9.17, 15) is 5.11 Å². The molecule has 0 amide bonds. The van der Waals surface area contributed by atoms with Crippen LogP contribution in [-0.2, 0) is 6.42 Å². The van der Waals surface area contributed by atoms with Crippen LogP contribution < -0.4 is 5.73 Å². The van der Waals surface area contributed by atoms with Gasteiger partial charge in [0.1, 0.15) is 5.75 Å². The number of benzene rings is 1. The minimum absolute atomic E-state index is 0.214. The maximum absolute atomic E-state index is 9.70. The third-order valence-corrected chi connectivity index (χ3v) is 5.12. The lowest BCUT2D eigenvalue weighted by Crippen LogP contribution is -2.49. The highest BCUT2D eigenvalue weighted by Crippen LogP contribution is 2.48. The van der Waals surface area contributed by atoms with Crippen molar-refractivity contribution in [2.75, 3.05) is 0 Å². The fourth-order valence-corrected chi connectivity index (χ4v) is 4.00. The number of fused-ring (bicyclic) bond motifs is 4. The van der Waals surface area contributed by atoms with Gasteiger partial charge in [-0.05, 0) is 53.9 Å².